The van der Waals surface area contributed by atoms with Gasteiger partial charge in [-0.25, -0.2) is 4.39 Å². The summed E-state index contributed by atoms with van der Waals surface area (Å²) in [4.78, 5) is 0. The van der Waals surface area contributed by atoms with Crippen molar-refractivity contribution in [3.8, 4) is 11.5 Å². The van der Waals surface area contributed by atoms with Gasteiger partial charge in [0.15, 0.2) is 11.6 Å². The first-order valence-corrected chi connectivity index (χ1v) is 6.45. The number of halogens is 3. The molecule has 0 fully saturated rings. The zero-order valence-corrected chi connectivity index (χ0v) is 11.7. The summed E-state index contributed by atoms with van der Waals surface area (Å²) >= 11 is 3.10. The molecule has 2 aromatic rings. The van der Waals surface area contributed by atoms with Crippen molar-refractivity contribution in [2.75, 3.05) is 0 Å². The maximum Gasteiger partial charge on any atom is 0.201 e. The fraction of sp³-hybridized carbons (Fsp3) is 0.143. The lowest BCUT2D eigenvalue weighted by molar-refractivity contribution is 0.410. The topological polar surface area (TPSA) is 35.2 Å². The normalized spacial score (nSPS) is 12.3. The van der Waals surface area contributed by atoms with Crippen molar-refractivity contribution < 1.29 is 13.5 Å². The highest BCUT2D eigenvalue weighted by atomic mass is 79.9. The number of ether oxygens (including phenoxy) is 1. The van der Waals surface area contributed by atoms with Crippen LogP contribution in [0.25, 0.3) is 0 Å². The standard InChI is InChI=1S/C14H12BrF2NO/c1-8(18)10-4-2-3-5-12(10)19-13-7-9(15)6-11(16)14(13)17/h2-8H,18H2,1H3/t8-/m0/s1. The minimum Gasteiger partial charge on any atom is -0.454 e. The van der Waals surface area contributed by atoms with E-state index in [2.05, 4.69) is 15.9 Å². The van der Waals surface area contributed by atoms with Crippen LogP contribution in [0, 0.1) is 11.6 Å². The van der Waals surface area contributed by atoms with E-state index in [9.17, 15) is 8.78 Å². The first kappa shape index (κ1) is 14.0. The molecule has 0 radical (unpaired) electrons. The first-order valence-electron chi connectivity index (χ1n) is 5.66. The van der Waals surface area contributed by atoms with Crippen LogP contribution in [0.2, 0.25) is 0 Å². The van der Waals surface area contributed by atoms with Gasteiger partial charge in [-0.2, -0.15) is 4.39 Å². The van der Waals surface area contributed by atoms with Crippen LogP contribution in [0.3, 0.4) is 0 Å². The van der Waals surface area contributed by atoms with E-state index < -0.39 is 11.6 Å². The van der Waals surface area contributed by atoms with Gasteiger partial charge in [0.1, 0.15) is 5.75 Å². The van der Waals surface area contributed by atoms with Gasteiger partial charge >= 0.3 is 0 Å². The van der Waals surface area contributed by atoms with Crippen molar-refractivity contribution in [1.82, 2.24) is 0 Å². The van der Waals surface area contributed by atoms with E-state index >= 15 is 0 Å². The minimum absolute atomic E-state index is 0.181. The molecule has 0 aromatic heterocycles. The molecule has 0 aliphatic rings. The molecule has 0 spiro atoms. The predicted octanol–water partition coefficient (Wildman–Crippen LogP) is 4.54. The molecule has 2 N–H and O–H groups in total. The second-order valence-corrected chi connectivity index (χ2v) is 5.04. The summed E-state index contributed by atoms with van der Waals surface area (Å²) in [6.07, 6.45) is 0. The van der Waals surface area contributed by atoms with Crippen molar-refractivity contribution in [2.45, 2.75) is 13.0 Å². The van der Waals surface area contributed by atoms with Gasteiger partial charge in [0.25, 0.3) is 0 Å². The third kappa shape index (κ3) is 3.11. The van der Waals surface area contributed by atoms with Gasteiger partial charge in [-0.15, -0.1) is 0 Å². The van der Waals surface area contributed by atoms with Crippen molar-refractivity contribution in [2.24, 2.45) is 5.73 Å². The average molecular weight is 328 g/mol. The molecule has 19 heavy (non-hydrogen) atoms. The highest BCUT2D eigenvalue weighted by Gasteiger charge is 2.14. The van der Waals surface area contributed by atoms with E-state index in [1.54, 1.807) is 25.1 Å². The van der Waals surface area contributed by atoms with E-state index in [0.717, 1.165) is 11.6 Å². The van der Waals surface area contributed by atoms with Crippen molar-refractivity contribution in [1.29, 1.82) is 0 Å². The molecule has 0 aliphatic carbocycles. The summed E-state index contributed by atoms with van der Waals surface area (Å²) in [6, 6.07) is 9.15. The monoisotopic (exact) mass is 327 g/mol. The molecule has 1 atom stereocenters. The van der Waals surface area contributed by atoms with Crippen LogP contribution in [0.5, 0.6) is 11.5 Å². The SMILES string of the molecule is C[C@H](N)c1ccccc1Oc1cc(Br)cc(F)c1F. The highest BCUT2D eigenvalue weighted by molar-refractivity contribution is 9.10. The molecule has 100 valence electrons. The number of hydrogen-bond acceptors (Lipinski definition) is 2. The fourth-order valence-electron chi connectivity index (χ4n) is 1.67. The van der Waals surface area contributed by atoms with Crippen LogP contribution >= 0.6 is 15.9 Å². The molecular weight excluding hydrogens is 316 g/mol. The van der Waals surface area contributed by atoms with E-state index in [1.165, 1.54) is 6.07 Å². The molecule has 0 bridgehead atoms. The zero-order chi connectivity index (χ0) is 14.0. The third-order valence-corrected chi connectivity index (χ3v) is 3.05. The van der Waals surface area contributed by atoms with Crippen LogP contribution < -0.4 is 10.5 Å². The first-order chi connectivity index (χ1) is 8.99. The average Bonchev–Trinajstić information content (AvgIpc) is 2.35. The summed E-state index contributed by atoms with van der Waals surface area (Å²) in [5, 5.41) is 0. The zero-order valence-electron chi connectivity index (χ0n) is 10.2. The second-order valence-electron chi connectivity index (χ2n) is 4.13. The Labute approximate surface area is 118 Å². The lowest BCUT2D eigenvalue weighted by Gasteiger charge is -2.14. The maximum absolute atomic E-state index is 13.6. The Morgan fingerprint density at radius 2 is 1.84 bits per heavy atom. The van der Waals surface area contributed by atoms with E-state index in [-0.39, 0.29) is 11.8 Å². The van der Waals surface area contributed by atoms with Crippen LogP contribution in [0.1, 0.15) is 18.5 Å². The molecule has 0 saturated carbocycles. The summed E-state index contributed by atoms with van der Waals surface area (Å²) in [6.45, 7) is 1.79. The molecule has 0 amide bonds. The van der Waals surface area contributed by atoms with Gasteiger partial charge in [0.05, 0.1) is 0 Å². The van der Waals surface area contributed by atoms with Crippen molar-refractivity contribution in [3.05, 3.63) is 58.1 Å². The molecule has 0 aliphatic heterocycles. The van der Waals surface area contributed by atoms with Crippen molar-refractivity contribution >= 4 is 15.9 Å². The molecule has 0 heterocycles. The molecular formula is C14H12BrF2NO. The summed E-state index contributed by atoms with van der Waals surface area (Å²) in [7, 11) is 0. The Kier molecular flexibility index (Phi) is 4.17. The number of hydrogen-bond donors (Lipinski definition) is 1. The van der Waals surface area contributed by atoms with Gasteiger partial charge in [-0.1, -0.05) is 34.1 Å². The Morgan fingerprint density at radius 3 is 2.53 bits per heavy atom. The molecule has 5 heteroatoms. The lowest BCUT2D eigenvalue weighted by Crippen LogP contribution is -2.06. The summed E-state index contributed by atoms with van der Waals surface area (Å²) in [5.41, 5.74) is 6.53. The second kappa shape index (κ2) is 5.67. The van der Waals surface area contributed by atoms with Gasteiger partial charge in [-0.05, 0) is 25.1 Å². The Hall–Kier alpha value is -1.46. The van der Waals surface area contributed by atoms with Gasteiger partial charge in [0.2, 0.25) is 5.82 Å². The number of benzene rings is 2. The number of para-hydroxylation sites is 1. The van der Waals surface area contributed by atoms with Crippen LogP contribution in [0.4, 0.5) is 8.78 Å². The lowest BCUT2D eigenvalue weighted by atomic mass is 10.1. The molecule has 2 rings (SSSR count). The predicted molar refractivity (Wildman–Crippen MR) is 73.2 cm³/mol. The Bertz CT molecular complexity index is 602. The van der Waals surface area contributed by atoms with E-state index in [4.69, 9.17) is 10.5 Å². The fourth-order valence-corrected chi connectivity index (χ4v) is 2.08. The van der Waals surface area contributed by atoms with Gasteiger partial charge in [-0.3, -0.25) is 0 Å². The highest BCUT2D eigenvalue weighted by Crippen LogP contribution is 2.32. The maximum atomic E-state index is 13.6. The quantitative estimate of drug-likeness (QED) is 0.840. The molecule has 2 nitrogen and oxygen atoms in total. The summed E-state index contributed by atoms with van der Waals surface area (Å²) < 4.78 is 32.8. The number of rotatable bonds is 3. The Balaban J connectivity index is 2.42. The van der Waals surface area contributed by atoms with Crippen LogP contribution in [0.15, 0.2) is 40.9 Å². The van der Waals surface area contributed by atoms with Crippen LogP contribution in [-0.4, -0.2) is 0 Å². The molecule has 0 unspecified atom stereocenters. The molecule has 2 aromatic carbocycles. The van der Waals surface area contributed by atoms with Crippen molar-refractivity contribution in [3.63, 3.8) is 0 Å². The third-order valence-electron chi connectivity index (χ3n) is 2.59. The largest absolute Gasteiger partial charge is 0.454 e. The number of nitrogens with two attached hydrogens (primary N) is 1. The minimum atomic E-state index is -1.03. The summed E-state index contributed by atoms with van der Waals surface area (Å²) in [5.74, 6) is -1.76. The van der Waals surface area contributed by atoms with E-state index in [1.807, 2.05) is 6.07 Å². The van der Waals surface area contributed by atoms with E-state index in [0.29, 0.717) is 10.2 Å². The van der Waals surface area contributed by atoms with Crippen LogP contribution in [-0.2, 0) is 0 Å². The smallest absolute Gasteiger partial charge is 0.201 e. The molecule has 0 saturated heterocycles. The van der Waals surface area contributed by atoms with Gasteiger partial charge < -0.3 is 10.5 Å². The van der Waals surface area contributed by atoms with Gasteiger partial charge in [0, 0.05) is 16.1 Å². The Morgan fingerprint density at radius 1 is 1.16 bits per heavy atom.